The standard InChI is InChI=1S/C15H30N2O2.2BrH/c1-7-10-16(3,4)12-9-15(18)19-14-13-17(5,6)11-8-2;;/h7-8H,1-2,9-14H2,3-6H3;2*1H/q+2;;/p-2. The highest BCUT2D eigenvalue weighted by molar-refractivity contribution is 5.69. The van der Waals surface area contributed by atoms with Gasteiger partial charge in [0.2, 0.25) is 0 Å². The topological polar surface area (TPSA) is 26.3 Å². The van der Waals surface area contributed by atoms with E-state index in [1.165, 1.54) is 0 Å². The number of esters is 1. The molecule has 0 unspecified atom stereocenters. The Bertz CT molecular complexity index is 319. The Balaban J connectivity index is -0.00000162. The smallest absolute Gasteiger partial charge is 0.311 e. The Kier molecular flexibility index (Phi) is 15.2. The first-order valence-electron chi connectivity index (χ1n) is 6.74. The quantitative estimate of drug-likeness (QED) is 0.198. The van der Waals surface area contributed by atoms with Crippen molar-refractivity contribution in [2.45, 2.75) is 6.42 Å². The van der Waals surface area contributed by atoms with Crippen LogP contribution in [0.15, 0.2) is 25.3 Å². The summed E-state index contributed by atoms with van der Waals surface area (Å²) in [6, 6.07) is 0. The average Bonchev–Trinajstić information content (AvgIpc) is 2.26. The van der Waals surface area contributed by atoms with Crippen molar-refractivity contribution in [2.75, 3.05) is 61.0 Å². The molecular weight excluding hydrogens is 400 g/mol. The molecule has 0 aromatic heterocycles. The number of nitrogens with zero attached hydrogens (tertiary/aromatic N) is 2. The van der Waals surface area contributed by atoms with Crippen LogP contribution >= 0.6 is 0 Å². The number of hydrogen-bond acceptors (Lipinski definition) is 2. The Morgan fingerprint density at radius 1 is 0.952 bits per heavy atom. The lowest BCUT2D eigenvalue weighted by Gasteiger charge is -2.29. The molecule has 0 rings (SSSR count). The molecular formula is C15H30Br2N2O2. The molecule has 0 aliphatic carbocycles. The van der Waals surface area contributed by atoms with Gasteiger partial charge in [-0.2, -0.15) is 0 Å². The molecule has 4 nitrogen and oxygen atoms in total. The number of quaternary nitrogens is 2. The molecule has 0 amide bonds. The molecule has 0 aromatic carbocycles. The Hall–Kier alpha value is -0.170. The SMILES string of the molecule is C=CC[N+](C)(C)CCOC(=O)CC[N+](C)(C)CC=C.[Br-].[Br-]. The predicted octanol–water partition coefficient (Wildman–Crippen LogP) is -4.55. The summed E-state index contributed by atoms with van der Waals surface area (Å²) in [6.45, 7) is 11.2. The molecule has 126 valence electrons. The van der Waals surface area contributed by atoms with E-state index in [-0.39, 0.29) is 39.9 Å². The highest BCUT2D eigenvalue weighted by Crippen LogP contribution is 2.02. The van der Waals surface area contributed by atoms with E-state index in [0.29, 0.717) is 13.0 Å². The first kappa shape index (κ1) is 25.8. The van der Waals surface area contributed by atoms with Crippen molar-refractivity contribution in [2.24, 2.45) is 0 Å². The summed E-state index contributed by atoms with van der Waals surface area (Å²) in [5.41, 5.74) is 0. The Labute approximate surface area is 151 Å². The maximum atomic E-state index is 11.7. The van der Waals surface area contributed by atoms with Gasteiger partial charge in [-0.1, -0.05) is 13.2 Å². The number of carbonyl (C=O) groups excluding carboxylic acids is 1. The Morgan fingerprint density at radius 3 is 1.81 bits per heavy atom. The molecule has 0 aliphatic heterocycles. The number of hydrogen-bond donors (Lipinski definition) is 0. The molecule has 0 N–H and O–H groups in total. The van der Waals surface area contributed by atoms with Gasteiger partial charge < -0.3 is 47.7 Å². The third-order valence-corrected chi connectivity index (χ3v) is 3.13. The zero-order valence-corrected chi connectivity index (χ0v) is 17.0. The van der Waals surface area contributed by atoms with Crippen molar-refractivity contribution in [3.63, 3.8) is 0 Å². The fourth-order valence-corrected chi connectivity index (χ4v) is 1.75. The van der Waals surface area contributed by atoms with E-state index in [2.05, 4.69) is 41.3 Å². The van der Waals surface area contributed by atoms with Gasteiger partial charge >= 0.3 is 5.97 Å². The first-order valence-corrected chi connectivity index (χ1v) is 6.74. The maximum absolute atomic E-state index is 11.7. The van der Waals surface area contributed by atoms with Crippen molar-refractivity contribution < 1.29 is 52.5 Å². The van der Waals surface area contributed by atoms with Crippen LogP contribution in [0.3, 0.4) is 0 Å². The highest BCUT2D eigenvalue weighted by atomic mass is 79.9. The van der Waals surface area contributed by atoms with Crippen LogP contribution in [0.1, 0.15) is 6.42 Å². The van der Waals surface area contributed by atoms with Gasteiger partial charge in [0.1, 0.15) is 13.2 Å². The van der Waals surface area contributed by atoms with E-state index in [9.17, 15) is 4.79 Å². The van der Waals surface area contributed by atoms with Crippen LogP contribution < -0.4 is 34.0 Å². The van der Waals surface area contributed by atoms with Crippen molar-refractivity contribution >= 4 is 5.97 Å². The summed E-state index contributed by atoms with van der Waals surface area (Å²) >= 11 is 0. The van der Waals surface area contributed by atoms with Crippen molar-refractivity contribution in [1.82, 2.24) is 0 Å². The summed E-state index contributed by atoms with van der Waals surface area (Å²) in [5, 5.41) is 0. The van der Waals surface area contributed by atoms with Crippen LogP contribution in [0.4, 0.5) is 0 Å². The molecule has 0 saturated carbocycles. The van der Waals surface area contributed by atoms with Gasteiger partial charge in [0.15, 0.2) is 0 Å². The van der Waals surface area contributed by atoms with E-state index < -0.39 is 0 Å². The zero-order chi connectivity index (χ0) is 14.9. The summed E-state index contributed by atoms with van der Waals surface area (Å²) in [7, 11) is 8.36. The minimum absolute atomic E-state index is 0. The van der Waals surface area contributed by atoms with Crippen molar-refractivity contribution in [3.8, 4) is 0 Å². The lowest BCUT2D eigenvalue weighted by Crippen LogP contribution is -3.00. The van der Waals surface area contributed by atoms with Crippen LogP contribution in [0, 0.1) is 0 Å². The molecule has 0 fully saturated rings. The first-order chi connectivity index (χ1) is 8.72. The summed E-state index contributed by atoms with van der Waals surface area (Å²) in [6.07, 6.45) is 4.22. The number of rotatable bonds is 10. The van der Waals surface area contributed by atoms with E-state index in [0.717, 1.165) is 35.1 Å². The fraction of sp³-hybridized carbons (Fsp3) is 0.667. The van der Waals surface area contributed by atoms with Crippen molar-refractivity contribution in [1.29, 1.82) is 0 Å². The summed E-state index contributed by atoms with van der Waals surface area (Å²) < 4.78 is 6.82. The normalized spacial score (nSPS) is 10.9. The van der Waals surface area contributed by atoms with Gasteiger partial charge in [-0.15, -0.1) is 0 Å². The second kappa shape index (κ2) is 12.4. The van der Waals surface area contributed by atoms with Gasteiger partial charge in [-0.05, 0) is 12.2 Å². The van der Waals surface area contributed by atoms with Crippen molar-refractivity contribution in [3.05, 3.63) is 25.3 Å². The monoisotopic (exact) mass is 428 g/mol. The minimum atomic E-state index is -0.117. The van der Waals surface area contributed by atoms with Gasteiger partial charge in [0.25, 0.3) is 0 Å². The third kappa shape index (κ3) is 14.5. The van der Waals surface area contributed by atoms with Gasteiger partial charge in [-0.25, -0.2) is 0 Å². The van der Waals surface area contributed by atoms with E-state index in [4.69, 9.17) is 4.74 Å². The van der Waals surface area contributed by atoms with Crippen LogP contribution in [-0.2, 0) is 9.53 Å². The van der Waals surface area contributed by atoms with E-state index in [1.54, 1.807) is 0 Å². The number of ether oxygens (including phenoxy) is 1. The summed E-state index contributed by atoms with van der Waals surface area (Å²) in [5.74, 6) is -0.117. The minimum Gasteiger partial charge on any atom is -1.00 e. The van der Waals surface area contributed by atoms with Gasteiger partial charge in [0.05, 0.1) is 54.2 Å². The Morgan fingerprint density at radius 2 is 1.38 bits per heavy atom. The lowest BCUT2D eigenvalue weighted by molar-refractivity contribution is -0.885. The van der Waals surface area contributed by atoms with Crippen LogP contribution in [0.25, 0.3) is 0 Å². The number of carbonyl (C=O) groups is 1. The van der Waals surface area contributed by atoms with E-state index in [1.807, 2.05) is 12.2 Å². The molecule has 0 heterocycles. The molecule has 0 saturated heterocycles. The maximum Gasteiger partial charge on any atom is 0.311 e. The predicted molar refractivity (Wildman–Crippen MR) is 79.7 cm³/mol. The molecule has 21 heavy (non-hydrogen) atoms. The van der Waals surface area contributed by atoms with Crippen LogP contribution in [-0.4, -0.2) is 75.9 Å². The van der Waals surface area contributed by atoms with E-state index >= 15 is 0 Å². The summed E-state index contributed by atoms with van der Waals surface area (Å²) in [4.78, 5) is 11.7. The molecule has 0 spiro atoms. The third-order valence-electron chi connectivity index (χ3n) is 3.13. The molecule has 0 bridgehead atoms. The molecule has 6 heteroatoms. The fourth-order valence-electron chi connectivity index (χ4n) is 1.75. The van der Waals surface area contributed by atoms with Gasteiger partial charge in [0, 0.05) is 0 Å². The lowest BCUT2D eigenvalue weighted by atomic mass is 10.3. The largest absolute Gasteiger partial charge is 1.00 e. The molecule has 0 radical (unpaired) electrons. The zero-order valence-electron chi connectivity index (χ0n) is 13.8. The second-order valence-electron chi connectivity index (χ2n) is 6.23. The second-order valence-corrected chi connectivity index (χ2v) is 6.23. The van der Waals surface area contributed by atoms with Gasteiger partial charge in [-0.3, -0.25) is 4.79 Å². The van der Waals surface area contributed by atoms with Crippen LogP contribution in [0.2, 0.25) is 0 Å². The molecule has 0 atom stereocenters. The molecule has 0 aromatic rings. The average molecular weight is 430 g/mol. The van der Waals surface area contributed by atoms with Crippen LogP contribution in [0.5, 0.6) is 0 Å². The molecule has 0 aliphatic rings. The number of halogens is 2. The number of likely N-dealkylation sites (N-methyl/N-ethyl adjacent to an activating group) is 2. The highest BCUT2D eigenvalue weighted by Gasteiger charge is 2.17.